The summed E-state index contributed by atoms with van der Waals surface area (Å²) in [6.45, 7) is 2.76. The van der Waals surface area contributed by atoms with Gasteiger partial charge in [-0.2, -0.15) is 4.31 Å². The lowest BCUT2D eigenvalue weighted by Gasteiger charge is -2.27. The molecule has 0 aliphatic carbocycles. The molecular weight excluding hydrogens is 350 g/mol. The van der Waals surface area contributed by atoms with Gasteiger partial charge in [0.15, 0.2) is 0 Å². The molecule has 0 aromatic heterocycles. The highest BCUT2D eigenvalue weighted by Crippen LogP contribution is 2.26. The zero-order valence-corrected chi connectivity index (χ0v) is 15.0. The quantitative estimate of drug-likeness (QED) is 0.732. The fraction of sp³-hybridized carbons (Fsp3) is 0.625. The summed E-state index contributed by atoms with van der Waals surface area (Å²) in [6.07, 6.45) is 6.19. The predicted octanol–water partition coefficient (Wildman–Crippen LogP) is 3.97. The van der Waals surface area contributed by atoms with Gasteiger partial charge in [-0.3, -0.25) is 0 Å². The van der Waals surface area contributed by atoms with Crippen LogP contribution in [-0.2, 0) is 16.4 Å². The number of halogens is 1. The van der Waals surface area contributed by atoms with Crippen LogP contribution in [0.1, 0.15) is 44.6 Å². The number of sulfonamides is 1. The van der Waals surface area contributed by atoms with Gasteiger partial charge in [0, 0.05) is 17.9 Å². The zero-order chi connectivity index (χ0) is 15.3. The van der Waals surface area contributed by atoms with Crippen molar-refractivity contribution in [3.8, 4) is 0 Å². The predicted molar refractivity (Wildman–Crippen MR) is 90.4 cm³/mol. The lowest BCUT2D eigenvalue weighted by atomic mass is 10.1. The molecule has 1 aliphatic rings. The Balaban J connectivity index is 2.26. The summed E-state index contributed by atoms with van der Waals surface area (Å²) >= 11 is 3.48. The van der Waals surface area contributed by atoms with Crippen molar-refractivity contribution in [2.24, 2.45) is 0 Å². The van der Waals surface area contributed by atoms with Crippen LogP contribution in [0, 0.1) is 0 Å². The normalized spacial score (nSPS) is 21.1. The van der Waals surface area contributed by atoms with E-state index >= 15 is 0 Å². The molecule has 0 spiro atoms. The standard InChI is InChI=1S/C16H24BrNO2S/c1-2-6-14-8-10-16(11-9-14)21(19,20)18-12-5-3-4-7-15(18)13-17/h8-11,15H,2-7,12-13H2,1H3. The van der Waals surface area contributed by atoms with Gasteiger partial charge >= 0.3 is 0 Å². The summed E-state index contributed by atoms with van der Waals surface area (Å²) in [7, 11) is -3.38. The largest absolute Gasteiger partial charge is 0.243 e. The summed E-state index contributed by atoms with van der Waals surface area (Å²) in [5.41, 5.74) is 1.20. The number of alkyl halides is 1. The van der Waals surface area contributed by atoms with E-state index in [0.29, 0.717) is 16.8 Å². The fourth-order valence-electron chi connectivity index (χ4n) is 2.87. The van der Waals surface area contributed by atoms with Gasteiger partial charge < -0.3 is 0 Å². The maximum Gasteiger partial charge on any atom is 0.243 e. The number of aryl methyl sites for hydroxylation is 1. The minimum absolute atomic E-state index is 0.0767. The number of hydrogen-bond acceptors (Lipinski definition) is 2. The molecule has 1 fully saturated rings. The molecule has 0 radical (unpaired) electrons. The smallest absolute Gasteiger partial charge is 0.207 e. The van der Waals surface area contributed by atoms with Crippen LogP contribution in [0.5, 0.6) is 0 Å². The Morgan fingerprint density at radius 3 is 2.52 bits per heavy atom. The van der Waals surface area contributed by atoms with Crippen LogP contribution in [-0.4, -0.2) is 30.6 Å². The van der Waals surface area contributed by atoms with E-state index in [1.165, 1.54) is 5.56 Å². The van der Waals surface area contributed by atoms with Crippen LogP contribution in [0.4, 0.5) is 0 Å². The minimum atomic E-state index is -3.38. The minimum Gasteiger partial charge on any atom is -0.207 e. The van der Waals surface area contributed by atoms with E-state index in [4.69, 9.17) is 0 Å². The second-order valence-electron chi connectivity index (χ2n) is 5.67. The van der Waals surface area contributed by atoms with Crippen LogP contribution in [0.25, 0.3) is 0 Å². The third-order valence-electron chi connectivity index (χ3n) is 4.07. The topological polar surface area (TPSA) is 37.4 Å². The molecule has 118 valence electrons. The molecule has 5 heteroatoms. The number of benzene rings is 1. The average Bonchev–Trinajstić information content (AvgIpc) is 2.73. The molecule has 1 unspecified atom stereocenters. The van der Waals surface area contributed by atoms with Gasteiger partial charge in [-0.1, -0.05) is 54.2 Å². The van der Waals surface area contributed by atoms with E-state index in [0.717, 1.165) is 38.5 Å². The SMILES string of the molecule is CCCc1ccc(S(=O)(=O)N2CCCCCC2CBr)cc1. The average molecular weight is 374 g/mol. The summed E-state index contributed by atoms with van der Waals surface area (Å²) in [5, 5.41) is 0.708. The van der Waals surface area contributed by atoms with Crippen molar-refractivity contribution in [1.82, 2.24) is 4.31 Å². The van der Waals surface area contributed by atoms with E-state index in [-0.39, 0.29) is 6.04 Å². The third kappa shape index (κ3) is 4.08. The molecule has 1 aliphatic heterocycles. The molecule has 0 amide bonds. The molecule has 0 saturated carbocycles. The fourth-order valence-corrected chi connectivity index (χ4v) is 5.43. The number of nitrogens with zero attached hydrogens (tertiary/aromatic N) is 1. The Hall–Kier alpha value is -0.390. The van der Waals surface area contributed by atoms with Crippen molar-refractivity contribution in [2.45, 2.75) is 56.4 Å². The van der Waals surface area contributed by atoms with Gasteiger partial charge in [0.2, 0.25) is 10.0 Å². The molecule has 1 saturated heterocycles. The molecule has 0 bridgehead atoms. The number of hydrogen-bond donors (Lipinski definition) is 0. The molecule has 1 atom stereocenters. The van der Waals surface area contributed by atoms with Gasteiger partial charge in [-0.05, 0) is 37.0 Å². The molecule has 2 rings (SSSR count). The molecule has 21 heavy (non-hydrogen) atoms. The number of rotatable bonds is 5. The Morgan fingerprint density at radius 1 is 1.19 bits per heavy atom. The van der Waals surface area contributed by atoms with Crippen LogP contribution >= 0.6 is 15.9 Å². The molecular formula is C16H24BrNO2S. The first-order valence-corrected chi connectivity index (χ1v) is 10.3. The Morgan fingerprint density at radius 2 is 1.90 bits per heavy atom. The highest BCUT2D eigenvalue weighted by molar-refractivity contribution is 9.09. The lowest BCUT2D eigenvalue weighted by molar-refractivity contribution is 0.347. The second kappa shape index (κ2) is 7.75. The Labute approximate surface area is 136 Å². The van der Waals surface area contributed by atoms with Gasteiger partial charge in [-0.25, -0.2) is 8.42 Å². The maximum absolute atomic E-state index is 12.9. The van der Waals surface area contributed by atoms with Crippen LogP contribution in [0.2, 0.25) is 0 Å². The van der Waals surface area contributed by atoms with E-state index < -0.39 is 10.0 Å². The van der Waals surface area contributed by atoms with Crippen LogP contribution in [0.3, 0.4) is 0 Å². The molecule has 0 N–H and O–H groups in total. The van der Waals surface area contributed by atoms with E-state index in [1.54, 1.807) is 16.4 Å². The van der Waals surface area contributed by atoms with Crippen molar-refractivity contribution in [1.29, 1.82) is 0 Å². The first-order valence-electron chi connectivity index (χ1n) is 7.76. The summed E-state index contributed by atoms with van der Waals surface area (Å²) in [4.78, 5) is 0.426. The highest BCUT2D eigenvalue weighted by Gasteiger charge is 2.31. The monoisotopic (exact) mass is 373 g/mol. The highest BCUT2D eigenvalue weighted by atomic mass is 79.9. The van der Waals surface area contributed by atoms with Gasteiger partial charge in [-0.15, -0.1) is 0 Å². The van der Waals surface area contributed by atoms with Crippen molar-refractivity contribution in [3.63, 3.8) is 0 Å². The van der Waals surface area contributed by atoms with Gasteiger partial charge in [0.1, 0.15) is 0 Å². The van der Waals surface area contributed by atoms with Crippen molar-refractivity contribution >= 4 is 26.0 Å². The molecule has 1 heterocycles. The van der Waals surface area contributed by atoms with Crippen LogP contribution < -0.4 is 0 Å². The van der Waals surface area contributed by atoms with Crippen molar-refractivity contribution in [3.05, 3.63) is 29.8 Å². The molecule has 3 nitrogen and oxygen atoms in total. The first-order chi connectivity index (χ1) is 10.1. The third-order valence-corrected chi connectivity index (χ3v) is 6.78. The second-order valence-corrected chi connectivity index (χ2v) is 8.21. The van der Waals surface area contributed by atoms with Gasteiger partial charge in [0.05, 0.1) is 4.90 Å². The Kier molecular flexibility index (Phi) is 6.26. The molecule has 1 aromatic carbocycles. The van der Waals surface area contributed by atoms with E-state index in [1.807, 2.05) is 12.1 Å². The first kappa shape index (κ1) is 17.0. The zero-order valence-electron chi connectivity index (χ0n) is 12.6. The van der Waals surface area contributed by atoms with Crippen LogP contribution in [0.15, 0.2) is 29.2 Å². The van der Waals surface area contributed by atoms with Crippen molar-refractivity contribution < 1.29 is 8.42 Å². The van der Waals surface area contributed by atoms with E-state index in [9.17, 15) is 8.42 Å². The lowest BCUT2D eigenvalue weighted by Crippen LogP contribution is -2.40. The maximum atomic E-state index is 12.9. The molecule has 1 aromatic rings. The van der Waals surface area contributed by atoms with Crippen molar-refractivity contribution in [2.75, 3.05) is 11.9 Å². The van der Waals surface area contributed by atoms with Gasteiger partial charge in [0.25, 0.3) is 0 Å². The van der Waals surface area contributed by atoms with E-state index in [2.05, 4.69) is 22.9 Å². The summed E-state index contributed by atoms with van der Waals surface area (Å²) < 4.78 is 27.5. The summed E-state index contributed by atoms with van der Waals surface area (Å²) in [6, 6.07) is 7.48. The Bertz CT molecular complexity index is 542. The summed E-state index contributed by atoms with van der Waals surface area (Å²) in [5.74, 6) is 0.